The molecule has 6 nitrogen and oxygen atoms in total. The average Bonchev–Trinajstić information content (AvgIpc) is 2.89. The van der Waals surface area contributed by atoms with Crippen molar-refractivity contribution < 1.29 is 14.0 Å². The van der Waals surface area contributed by atoms with Crippen LogP contribution in [0.15, 0.2) is 18.3 Å². The largest absolute Gasteiger partial charge is 0.347 e. The van der Waals surface area contributed by atoms with Gasteiger partial charge in [0.15, 0.2) is 0 Å². The van der Waals surface area contributed by atoms with Crippen molar-refractivity contribution in [3.8, 4) is 0 Å². The van der Waals surface area contributed by atoms with Crippen LogP contribution in [0.4, 0.5) is 15.0 Å². The van der Waals surface area contributed by atoms with Crippen LogP contribution >= 0.6 is 0 Å². The third-order valence-corrected chi connectivity index (χ3v) is 3.20. The molecule has 1 N–H and O–H groups in total. The van der Waals surface area contributed by atoms with Gasteiger partial charge in [0.1, 0.15) is 17.7 Å². The lowest BCUT2D eigenvalue weighted by molar-refractivity contribution is -0.132. The van der Waals surface area contributed by atoms with E-state index in [1.807, 2.05) is 0 Å². The predicted molar refractivity (Wildman–Crippen MR) is 71.6 cm³/mol. The maximum Gasteiger partial charge on any atom is 0.323 e. The second-order valence-electron chi connectivity index (χ2n) is 4.88. The Kier molecular flexibility index (Phi) is 4.16. The highest BCUT2D eigenvalue weighted by atomic mass is 19.1. The number of halogens is 1. The van der Waals surface area contributed by atoms with E-state index in [0.717, 1.165) is 12.6 Å². The lowest BCUT2D eigenvalue weighted by atomic mass is 10.2. The van der Waals surface area contributed by atoms with E-state index in [9.17, 15) is 14.0 Å². The van der Waals surface area contributed by atoms with Gasteiger partial charge in [-0.05, 0) is 25.0 Å². The molecule has 0 spiro atoms. The Hall–Kier alpha value is -2.18. The van der Waals surface area contributed by atoms with Crippen molar-refractivity contribution in [2.45, 2.75) is 18.9 Å². The van der Waals surface area contributed by atoms with Crippen LogP contribution in [-0.2, 0) is 4.79 Å². The Morgan fingerprint density at radius 2 is 2.20 bits per heavy atom. The number of likely N-dealkylation sites (N-methyl/N-ethyl adjacent to an activating group) is 1. The maximum atomic E-state index is 12.7. The van der Waals surface area contributed by atoms with E-state index in [4.69, 9.17) is 0 Å². The monoisotopic (exact) mass is 280 g/mol. The summed E-state index contributed by atoms with van der Waals surface area (Å²) < 4.78 is 12.7. The van der Waals surface area contributed by atoms with Gasteiger partial charge in [0.25, 0.3) is 0 Å². The molecule has 0 aromatic carbocycles. The third-order valence-electron chi connectivity index (χ3n) is 3.20. The number of nitrogens with zero attached hydrogens (tertiary/aromatic N) is 3. The van der Waals surface area contributed by atoms with Gasteiger partial charge in [-0.1, -0.05) is 0 Å². The third kappa shape index (κ3) is 3.04. The first-order valence-corrected chi connectivity index (χ1v) is 6.39. The van der Waals surface area contributed by atoms with Crippen molar-refractivity contribution in [3.05, 3.63) is 24.1 Å². The summed E-state index contributed by atoms with van der Waals surface area (Å²) in [5.41, 5.74) is 0. The molecule has 0 radical (unpaired) electrons. The molecule has 1 atom stereocenters. The molecule has 3 amide bonds. The summed E-state index contributed by atoms with van der Waals surface area (Å²) in [5.74, 6) is -0.297. The fourth-order valence-electron chi connectivity index (χ4n) is 2.20. The number of aromatic nitrogens is 1. The number of urea groups is 1. The molecule has 20 heavy (non-hydrogen) atoms. The summed E-state index contributed by atoms with van der Waals surface area (Å²) in [6.07, 6.45) is 2.47. The molecule has 1 aromatic heterocycles. The fourth-order valence-corrected chi connectivity index (χ4v) is 2.20. The van der Waals surface area contributed by atoms with Crippen molar-refractivity contribution in [1.82, 2.24) is 14.8 Å². The van der Waals surface area contributed by atoms with E-state index in [-0.39, 0.29) is 17.8 Å². The van der Waals surface area contributed by atoms with Gasteiger partial charge < -0.3 is 9.80 Å². The molecule has 108 valence electrons. The normalized spacial score (nSPS) is 17.9. The van der Waals surface area contributed by atoms with Gasteiger partial charge >= 0.3 is 6.03 Å². The van der Waals surface area contributed by atoms with Gasteiger partial charge in [-0.25, -0.2) is 14.2 Å². The number of pyridine rings is 1. The van der Waals surface area contributed by atoms with Crippen LogP contribution in [0, 0.1) is 5.82 Å². The van der Waals surface area contributed by atoms with E-state index in [2.05, 4.69) is 10.3 Å². The van der Waals surface area contributed by atoms with E-state index in [1.54, 1.807) is 14.1 Å². The van der Waals surface area contributed by atoms with E-state index in [0.29, 0.717) is 13.0 Å². The molecular weight excluding hydrogens is 263 g/mol. The minimum absolute atomic E-state index is 0.0929. The molecule has 0 aliphatic carbocycles. The first-order valence-electron chi connectivity index (χ1n) is 6.39. The van der Waals surface area contributed by atoms with Crippen LogP contribution < -0.4 is 5.32 Å². The lowest BCUT2D eigenvalue weighted by Gasteiger charge is -2.26. The number of amides is 3. The molecule has 1 aromatic rings. The minimum Gasteiger partial charge on any atom is -0.347 e. The molecule has 2 heterocycles. The number of carbonyl (C=O) groups is 2. The van der Waals surface area contributed by atoms with Gasteiger partial charge in [0.05, 0.1) is 6.20 Å². The molecule has 0 bridgehead atoms. The zero-order valence-electron chi connectivity index (χ0n) is 11.5. The second kappa shape index (κ2) is 5.85. The highest BCUT2D eigenvalue weighted by Crippen LogP contribution is 2.20. The molecule has 1 saturated heterocycles. The predicted octanol–water partition coefficient (Wildman–Crippen LogP) is 1.31. The highest BCUT2D eigenvalue weighted by molar-refractivity contribution is 5.93. The summed E-state index contributed by atoms with van der Waals surface area (Å²) in [4.78, 5) is 30.9. The first kappa shape index (κ1) is 14.2. The number of likely N-dealkylation sites (tertiary alicyclic amines) is 1. The molecule has 1 fully saturated rings. The van der Waals surface area contributed by atoms with Gasteiger partial charge in [-0.3, -0.25) is 10.1 Å². The zero-order chi connectivity index (χ0) is 14.7. The SMILES string of the molecule is CN(C)C(=O)C1CCCN1C(=O)Nc1ccc(F)cn1. The average molecular weight is 280 g/mol. The number of hydrogen-bond donors (Lipinski definition) is 1. The van der Waals surface area contributed by atoms with E-state index in [1.165, 1.54) is 21.9 Å². The molecular formula is C13H17FN4O2. The topological polar surface area (TPSA) is 65.5 Å². The highest BCUT2D eigenvalue weighted by Gasteiger charge is 2.35. The minimum atomic E-state index is -0.468. The number of anilines is 1. The van der Waals surface area contributed by atoms with Crippen LogP contribution in [-0.4, -0.2) is 53.4 Å². The smallest absolute Gasteiger partial charge is 0.323 e. The number of hydrogen-bond acceptors (Lipinski definition) is 3. The summed E-state index contributed by atoms with van der Waals surface area (Å²) in [6, 6.07) is 1.77. The summed E-state index contributed by atoms with van der Waals surface area (Å²) in [7, 11) is 3.33. The fraction of sp³-hybridized carbons (Fsp3) is 0.462. The van der Waals surface area contributed by atoms with Crippen molar-refractivity contribution in [1.29, 1.82) is 0 Å². The summed E-state index contributed by atoms with van der Waals surface area (Å²) in [6.45, 7) is 0.525. The lowest BCUT2D eigenvalue weighted by Crippen LogP contribution is -2.47. The van der Waals surface area contributed by atoms with Gasteiger partial charge in [-0.15, -0.1) is 0 Å². The molecule has 0 saturated carbocycles. The van der Waals surface area contributed by atoms with Crippen LogP contribution in [0.5, 0.6) is 0 Å². The second-order valence-corrected chi connectivity index (χ2v) is 4.88. The Bertz CT molecular complexity index is 504. The zero-order valence-corrected chi connectivity index (χ0v) is 11.5. The molecule has 1 aliphatic heterocycles. The number of rotatable bonds is 2. The van der Waals surface area contributed by atoms with Crippen molar-refractivity contribution >= 4 is 17.8 Å². The number of nitrogens with one attached hydrogen (secondary N) is 1. The quantitative estimate of drug-likeness (QED) is 0.888. The Balaban J connectivity index is 2.04. The van der Waals surface area contributed by atoms with Crippen LogP contribution in [0.3, 0.4) is 0 Å². The maximum absolute atomic E-state index is 12.7. The van der Waals surface area contributed by atoms with Crippen LogP contribution in [0.25, 0.3) is 0 Å². The molecule has 1 aliphatic rings. The van der Waals surface area contributed by atoms with Crippen molar-refractivity contribution in [3.63, 3.8) is 0 Å². The van der Waals surface area contributed by atoms with E-state index >= 15 is 0 Å². The van der Waals surface area contributed by atoms with Crippen molar-refractivity contribution in [2.24, 2.45) is 0 Å². The summed E-state index contributed by atoms with van der Waals surface area (Å²) >= 11 is 0. The summed E-state index contributed by atoms with van der Waals surface area (Å²) in [5, 5.41) is 2.57. The van der Waals surface area contributed by atoms with Crippen LogP contribution in [0.2, 0.25) is 0 Å². The Morgan fingerprint density at radius 1 is 1.45 bits per heavy atom. The van der Waals surface area contributed by atoms with Crippen LogP contribution in [0.1, 0.15) is 12.8 Å². The molecule has 1 unspecified atom stereocenters. The van der Waals surface area contributed by atoms with Gasteiger partial charge in [-0.2, -0.15) is 0 Å². The Labute approximate surface area is 116 Å². The van der Waals surface area contributed by atoms with Gasteiger partial charge in [0, 0.05) is 20.6 Å². The van der Waals surface area contributed by atoms with E-state index < -0.39 is 11.9 Å². The molecule has 2 rings (SSSR count). The van der Waals surface area contributed by atoms with Gasteiger partial charge in [0.2, 0.25) is 5.91 Å². The number of carbonyl (C=O) groups excluding carboxylic acids is 2. The van der Waals surface area contributed by atoms with Crippen molar-refractivity contribution in [2.75, 3.05) is 26.0 Å². The molecule has 7 heteroatoms. The first-order chi connectivity index (χ1) is 9.49. The standard InChI is InChI=1S/C13H17FN4O2/c1-17(2)12(19)10-4-3-7-18(10)13(20)16-11-6-5-9(14)8-15-11/h5-6,8,10H,3-4,7H2,1-2H3,(H,15,16,20). The Morgan fingerprint density at radius 3 is 2.80 bits per heavy atom.